The summed E-state index contributed by atoms with van der Waals surface area (Å²) in [7, 11) is 1.66. The molecule has 62 valence electrons. The molecule has 0 spiro atoms. The molecule has 0 saturated heterocycles. The van der Waals surface area contributed by atoms with Crippen molar-refractivity contribution in [1.82, 2.24) is 0 Å². The standard InChI is InChI=1S/C9H14O2/c1-11-9(7-4-5-7)8(10)6-2-3-6/h6-7,9H,2-5H2,1H3. The van der Waals surface area contributed by atoms with E-state index in [9.17, 15) is 4.79 Å². The SMILES string of the molecule is COC(C(=O)C1CC1)C1CC1. The van der Waals surface area contributed by atoms with Crippen LogP contribution in [0, 0.1) is 11.8 Å². The summed E-state index contributed by atoms with van der Waals surface area (Å²) < 4.78 is 5.19. The highest BCUT2D eigenvalue weighted by molar-refractivity contribution is 5.87. The second kappa shape index (κ2) is 2.59. The van der Waals surface area contributed by atoms with Crippen LogP contribution in [0.1, 0.15) is 25.7 Å². The van der Waals surface area contributed by atoms with Crippen LogP contribution < -0.4 is 0 Å². The van der Waals surface area contributed by atoms with E-state index in [2.05, 4.69) is 0 Å². The maximum absolute atomic E-state index is 11.5. The van der Waals surface area contributed by atoms with E-state index in [0.29, 0.717) is 17.6 Å². The summed E-state index contributed by atoms with van der Waals surface area (Å²) in [6.07, 6.45) is 4.53. The summed E-state index contributed by atoms with van der Waals surface area (Å²) in [5, 5.41) is 0. The van der Waals surface area contributed by atoms with Crippen molar-refractivity contribution in [1.29, 1.82) is 0 Å². The smallest absolute Gasteiger partial charge is 0.164 e. The second-order valence-corrected chi connectivity index (χ2v) is 3.67. The predicted molar refractivity (Wildman–Crippen MR) is 41.3 cm³/mol. The molecule has 2 fully saturated rings. The monoisotopic (exact) mass is 154 g/mol. The Bertz CT molecular complexity index is 168. The van der Waals surface area contributed by atoms with E-state index >= 15 is 0 Å². The van der Waals surface area contributed by atoms with Crippen LogP contribution in [0.5, 0.6) is 0 Å². The lowest BCUT2D eigenvalue weighted by molar-refractivity contribution is -0.131. The molecule has 2 aliphatic rings. The van der Waals surface area contributed by atoms with E-state index in [0.717, 1.165) is 12.8 Å². The van der Waals surface area contributed by atoms with Gasteiger partial charge >= 0.3 is 0 Å². The van der Waals surface area contributed by atoms with Gasteiger partial charge < -0.3 is 4.74 Å². The molecule has 0 amide bonds. The van der Waals surface area contributed by atoms with E-state index < -0.39 is 0 Å². The fourth-order valence-corrected chi connectivity index (χ4v) is 1.54. The molecule has 0 aromatic carbocycles. The largest absolute Gasteiger partial charge is 0.373 e. The Balaban J connectivity index is 1.92. The molecule has 2 saturated carbocycles. The average molecular weight is 154 g/mol. The molecule has 2 nitrogen and oxygen atoms in total. The van der Waals surface area contributed by atoms with Crippen molar-refractivity contribution in [3.05, 3.63) is 0 Å². The number of ether oxygens (including phenoxy) is 1. The first-order valence-electron chi connectivity index (χ1n) is 4.39. The highest BCUT2D eigenvalue weighted by Crippen LogP contribution is 2.40. The summed E-state index contributed by atoms with van der Waals surface area (Å²) in [5.74, 6) is 1.30. The van der Waals surface area contributed by atoms with Gasteiger partial charge in [-0.1, -0.05) is 0 Å². The van der Waals surface area contributed by atoms with Crippen molar-refractivity contribution in [2.45, 2.75) is 31.8 Å². The Morgan fingerprint density at radius 2 is 2.00 bits per heavy atom. The number of Topliss-reactive ketones (excluding diaryl/α,β-unsaturated/α-hetero) is 1. The number of carbonyl (C=O) groups is 1. The summed E-state index contributed by atoms with van der Waals surface area (Å²) in [6, 6.07) is 0. The highest BCUT2D eigenvalue weighted by Gasteiger charge is 2.42. The second-order valence-electron chi connectivity index (χ2n) is 3.67. The van der Waals surface area contributed by atoms with Gasteiger partial charge in [-0.25, -0.2) is 0 Å². The molecule has 0 heterocycles. The van der Waals surface area contributed by atoms with Crippen LogP contribution in [0.25, 0.3) is 0 Å². The van der Waals surface area contributed by atoms with Crippen LogP contribution in [0.15, 0.2) is 0 Å². The number of rotatable bonds is 4. The van der Waals surface area contributed by atoms with E-state index in [4.69, 9.17) is 4.74 Å². The van der Waals surface area contributed by atoms with E-state index in [1.54, 1.807) is 7.11 Å². The molecule has 1 unspecified atom stereocenters. The topological polar surface area (TPSA) is 26.3 Å². The average Bonchev–Trinajstić information content (AvgIpc) is 2.86. The molecule has 0 aromatic heterocycles. The summed E-state index contributed by atoms with van der Waals surface area (Å²) in [6.45, 7) is 0. The van der Waals surface area contributed by atoms with Gasteiger partial charge in [0, 0.05) is 13.0 Å². The van der Waals surface area contributed by atoms with Crippen molar-refractivity contribution in [3.8, 4) is 0 Å². The van der Waals surface area contributed by atoms with Gasteiger partial charge in [-0.2, -0.15) is 0 Å². The lowest BCUT2D eigenvalue weighted by Crippen LogP contribution is -2.26. The van der Waals surface area contributed by atoms with Gasteiger partial charge in [0.2, 0.25) is 0 Å². The predicted octanol–water partition coefficient (Wildman–Crippen LogP) is 1.39. The summed E-state index contributed by atoms with van der Waals surface area (Å²) in [5.41, 5.74) is 0. The summed E-state index contributed by atoms with van der Waals surface area (Å²) in [4.78, 5) is 11.5. The fraction of sp³-hybridized carbons (Fsp3) is 0.889. The third-order valence-electron chi connectivity index (χ3n) is 2.56. The Morgan fingerprint density at radius 1 is 1.36 bits per heavy atom. The zero-order chi connectivity index (χ0) is 7.84. The molecule has 2 rings (SSSR count). The molecular weight excluding hydrogens is 140 g/mol. The minimum atomic E-state index is -0.0532. The first-order valence-corrected chi connectivity index (χ1v) is 4.39. The van der Waals surface area contributed by atoms with E-state index in [1.165, 1.54) is 12.8 Å². The van der Waals surface area contributed by atoms with Gasteiger partial charge in [-0.3, -0.25) is 4.79 Å². The van der Waals surface area contributed by atoms with Crippen molar-refractivity contribution in [2.75, 3.05) is 7.11 Å². The Hall–Kier alpha value is -0.370. The molecule has 0 aliphatic heterocycles. The van der Waals surface area contributed by atoms with Gasteiger partial charge in [0.05, 0.1) is 0 Å². The highest BCUT2D eigenvalue weighted by atomic mass is 16.5. The van der Waals surface area contributed by atoms with Crippen LogP contribution in [-0.4, -0.2) is 19.0 Å². The molecule has 2 aliphatic carbocycles. The van der Waals surface area contributed by atoms with Crippen LogP contribution >= 0.6 is 0 Å². The number of hydrogen-bond acceptors (Lipinski definition) is 2. The maximum atomic E-state index is 11.5. The molecular formula is C9H14O2. The molecule has 0 N–H and O–H groups in total. The first-order chi connectivity index (χ1) is 5.33. The minimum absolute atomic E-state index is 0.0532. The maximum Gasteiger partial charge on any atom is 0.164 e. The van der Waals surface area contributed by atoms with Gasteiger partial charge in [0.1, 0.15) is 6.10 Å². The van der Waals surface area contributed by atoms with Crippen LogP contribution in [0.4, 0.5) is 0 Å². The molecule has 0 radical (unpaired) electrons. The van der Waals surface area contributed by atoms with Crippen LogP contribution in [0.2, 0.25) is 0 Å². The van der Waals surface area contributed by atoms with Crippen LogP contribution in [0.3, 0.4) is 0 Å². The number of ketones is 1. The zero-order valence-corrected chi connectivity index (χ0v) is 6.88. The summed E-state index contributed by atoms with van der Waals surface area (Å²) >= 11 is 0. The van der Waals surface area contributed by atoms with Crippen molar-refractivity contribution >= 4 is 5.78 Å². The molecule has 2 heteroatoms. The lowest BCUT2D eigenvalue weighted by atomic mass is 10.1. The molecule has 11 heavy (non-hydrogen) atoms. The minimum Gasteiger partial charge on any atom is -0.373 e. The van der Waals surface area contributed by atoms with Crippen molar-refractivity contribution < 1.29 is 9.53 Å². The Kier molecular flexibility index (Phi) is 1.72. The van der Waals surface area contributed by atoms with Gasteiger partial charge in [-0.15, -0.1) is 0 Å². The fourth-order valence-electron chi connectivity index (χ4n) is 1.54. The van der Waals surface area contributed by atoms with Crippen LogP contribution in [-0.2, 0) is 9.53 Å². The quantitative estimate of drug-likeness (QED) is 0.611. The third kappa shape index (κ3) is 1.45. The zero-order valence-electron chi connectivity index (χ0n) is 6.88. The Labute approximate surface area is 66.9 Å². The van der Waals surface area contributed by atoms with Crippen molar-refractivity contribution in [3.63, 3.8) is 0 Å². The third-order valence-corrected chi connectivity index (χ3v) is 2.56. The van der Waals surface area contributed by atoms with E-state index in [1.807, 2.05) is 0 Å². The first kappa shape index (κ1) is 7.29. The van der Waals surface area contributed by atoms with Gasteiger partial charge in [-0.05, 0) is 31.6 Å². The van der Waals surface area contributed by atoms with Gasteiger partial charge in [0.15, 0.2) is 5.78 Å². The van der Waals surface area contributed by atoms with Crippen molar-refractivity contribution in [2.24, 2.45) is 11.8 Å². The normalized spacial score (nSPS) is 26.6. The van der Waals surface area contributed by atoms with E-state index in [-0.39, 0.29) is 6.10 Å². The lowest BCUT2D eigenvalue weighted by Gasteiger charge is -2.11. The molecule has 0 bridgehead atoms. The number of methoxy groups -OCH3 is 1. The Morgan fingerprint density at radius 3 is 2.36 bits per heavy atom. The molecule has 0 aromatic rings. The van der Waals surface area contributed by atoms with Gasteiger partial charge in [0.25, 0.3) is 0 Å². The number of hydrogen-bond donors (Lipinski definition) is 0. The number of carbonyl (C=O) groups excluding carboxylic acids is 1. The molecule has 1 atom stereocenters.